The third-order valence-electron chi connectivity index (χ3n) is 6.70. The molecule has 0 radical (unpaired) electrons. The van der Waals surface area contributed by atoms with Crippen molar-refractivity contribution in [1.29, 1.82) is 0 Å². The lowest BCUT2D eigenvalue weighted by Crippen LogP contribution is -1.88. The highest BCUT2D eigenvalue weighted by atomic mass is 19.1. The summed E-state index contributed by atoms with van der Waals surface area (Å²) in [6.45, 7) is 15.3. The van der Waals surface area contributed by atoms with Crippen molar-refractivity contribution in [3.05, 3.63) is 141 Å². The third-order valence-corrected chi connectivity index (χ3v) is 6.70. The van der Waals surface area contributed by atoms with Crippen LogP contribution in [0.5, 0.6) is 0 Å². The maximum Gasteiger partial charge on any atom is 0.123 e. The molecule has 0 N–H and O–H groups in total. The summed E-state index contributed by atoms with van der Waals surface area (Å²) in [7, 11) is 0. The Kier molecular flexibility index (Phi) is 10.4. The minimum absolute atomic E-state index is 0.202. The standard InChI is InChI=1S/C20H24.C17H17F/c1-14(2)19-9-6-18(7-10-19)8-11-20-16(4)12-15(3)13-17(20)5;1-13(2)16-10-8-14(9-11-16)6-7-15-4-3-5-17(18)12-15/h6-14H,1-5H3;3-13H,1-2H3/b11-8+;7-6+. The minimum Gasteiger partial charge on any atom is -0.207 e. The molecular weight excluding hydrogens is 463 g/mol. The Balaban J connectivity index is 0.000000212. The van der Waals surface area contributed by atoms with E-state index in [1.54, 1.807) is 6.07 Å². The van der Waals surface area contributed by atoms with Gasteiger partial charge in [-0.1, -0.05) is 130 Å². The average Bonchev–Trinajstić information content (AvgIpc) is 2.88. The minimum atomic E-state index is -0.202. The van der Waals surface area contributed by atoms with Crippen molar-refractivity contribution in [1.82, 2.24) is 0 Å². The van der Waals surface area contributed by atoms with Crippen LogP contribution in [0, 0.1) is 26.6 Å². The van der Waals surface area contributed by atoms with Gasteiger partial charge in [-0.25, -0.2) is 4.39 Å². The van der Waals surface area contributed by atoms with Gasteiger partial charge in [-0.15, -0.1) is 0 Å². The van der Waals surface area contributed by atoms with E-state index < -0.39 is 0 Å². The lowest BCUT2D eigenvalue weighted by Gasteiger charge is -2.07. The fourth-order valence-electron chi connectivity index (χ4n) is 4.42. The number of aryl methyl sites for hydroxylation is 3. The van der Waals surface area contributed by atoms with Crippen LogP contribution in [0.1, 0.15) is 89.6 Å². The molecule has 0 aliphatic heterocycles. The van der Waals surface area contributed by atoms with Crippen LogP contribution < -0.4 is 0 Å². The predicted octanol–water partition coefficient (Wildman–Crippen LogP) is 11.0. The largest absolute Gasteiger partial charge is 0.207 e. The van der Waals surface area contributed by atoms with E-state index in [4.69, 9.17) is 0 Å². The summed E-state index contributed by atoms with van der Waals surface area (Å²) in [5.41, 5.74) is 11.3. The first kappa shape index (κ1) is 28.9. The second kappa shape index (κ2) is 13.7. The Hall–Kier alpha value is -3.71. The molecule has 0 aromatic heterocycles. The lowest BCUT2D eigenvalue weighted by atomic mass is 9.98. The van der Waals surface area contributed by atoms with Crippen LogP contribution in [0.4, 0.5) is 4.39 Å². The molecule has 0 aliphatic rings. The summed E-state index contributed by atoms with van der Waals surface area (Å²) in [6.07, 6.45) is 8.36. The first-order valence-corrected chi connectivity index (χ1v) is 13.5. The van der Waals surface area contributed by atoms with Gasteiger partial charge in [0.15, 0.2) is 0 Å². The zero-order chi connectivity index (χ0) is 27.7. The molecule has 1 heteroatoms. The summed E-state index contributed by atoms with van der Waals surface area (Å²) in [4.78, 5) is 0. The number of hydrogen-bond donors (Lipinski definition) is 0. The highest BCUT2D eigenvalue weighted by Crippen LogP contribution is 2.21. The first-order valence-electron chi connectivity index (χ1n) is 13.5. The molecule has 0 bridgehead atoms. The Morgan fingerprint density at radius 2 is 0.974 bits per heavy atom. The molecule has 0 saturated heterocycles. The Morgan fingerprint density at radius 3 is 1.42 bits per heavy atom. The van der Waals surface area contributed by atoms with Gasteiger partial charge in [0.05, 0.1) is 0 Å². The molecular formula is C37H41F. The molecule has 4 aromatic carbocycles. The molecule has 0 nitrogen and oxygen atoms in total. The zero-order valence-corrected chi connectivity index (χ0v) is 23.9. The Labute approximate surface area is 229 Å². The van der Waals surface area contributed by atoms with E-state index in [0.29, 0.717) is 11.8 Å². The van der Waals surface area contributed by atoms with Gasteiger partial charge in [-0.3, -0.25) is 0 Å². The summed E-state index contributed by atoms with van der Waals surface area (Å²) in [5.74, 6) is 0.938. The van der Waals surface area contributed by atoms with Crippen molar-refractivity contribution in [3.8, 4) is 0 Å². The van der Waals surface area contributed by atoms with Gasteiger partial charge in [-0.05, 0) is 89.2 Å². The summed E-state index contributed by atoms with van der Waals surface area (Å²) in [6, 6.07) is 28.4. The van der Waals surface area contributed by atoms with E-state index in [9.17, 15) is 4.39 Å². The normalized spacial score (nSPS) is 11.4. The van der Waals surface area contributed by atoms with Crippen molar-refractivity contribution >= 4 is 24.3 Å². The molecule has 0 heterocycles. The van der Waals surface area contributed by atoms with E-state index in [2.05, 4.69) is 121 Å². The second-order valence-corrected chi connectivity index (χ2v) is 10.7. The quantitative estimate of drug-likeness (QED) is 0.229. The van der Waals surface area contributed by atoms with Gasteiger partial charge < -0.3 is 0 Å². The van der Waals surface area contributed by atoms with Crippen LogP contribution in [0.15, 0.2) is 84.9 Å². The van der Waals surface area contributed by atoms with E-state index in [-0.39, 0.29) is 5.82 Å². The molecule has 0 spiro atoms. The summed E-state index contributed by atoms with van der Waals surface area (Å²) in [5, 5.41) is 0. The maximum atomic E-state index is 13.0. The van der Waals surface area contributed by atoms with Gasteiger partial charge >= 0.3 is 0 Å². The van der Waals surface area contributed by atoms with Crippen LogP contribution >= 0.6 is 0 Å². The molecule has 0 saturated carbocycles. The van der Waals surface area contributed by atoms with E-state index >= 15 is 0 Å². The molecule has 196 valence electrons. The van der Waals surface area contributed by atoms with Crippen molar-refractivity contribution in [2.24, 2.45) is 0 Å². The Morgan fingerprint density at radius 1 is 0.526 bits per heavy atom. The van der Waals surface area contributed by atoms with Gasteiger partial charge in [0.1, 0.15) is 5.82 Å². The zero-order valence-electron chi connectivity index (χ0n) is 23.9. The molecule has 0 unspecified atom stereocenters. The van der Waals surface area contributed by atoms with Crippen molar-refractivity contribution < 1.29 is 4.39 Å². The Bertz CT molecular complexity index is 1340. The molecule has 0 aliphatic carbocycles. The highest BCUT2D eigenvalue weighted by Gasteiger charge is 2.01. The topological polar surface area (TPSA) is 0 Å². The highest BCUT2D eigenvalue weighted by molar-refractivity contribution is 5.73. The number of rotatable bonds is 6. The predicted molar refractivity (Wildman–Crippen MR) is 166 cm³/mol. The van der Waals surface area contributed by atoms with Crippen molar-refractivity contribution in [3.63, 3.8) is 0 Å². The van der Waals surface area contributed by atoms with E-state index in [1.807, 2.05) is 18.2 Å². The number of halogens is 1. The number of hydrogen-bond acceptors (Lipinski definition) is 0. The molecule has 4 rings (SSSR count). The molecule has 0 atom stereocenters. The van der Waals surface area contributed by atoms with Gasteiger partial charge in [-0.2, -0.15) is 0 Å². The lowest BCUT2D eigenvalue weighted by molar-refractivity contribution is 0.627. The SMILES string of the molecule is CC(C)c1ccc(/C=C/c2cccc(F)c2)cc1.Cc1cc(C)c(/C=C/c2ccc(C(C)C)cc2)c(C)c1. The maximum absolute atomic E-state index is 13.0. The summed E-state index contributed by atoms with van der Waals surface area (Å²) >= 11 is 0. The molecule has 4 aromatic rings. The van der Waals surface area contributed by atoms with E-state index in [0.717, 1.165) is 11.1 Å². The molecule has 38 heavy (non-hydrogen) atoms. The van der Waals surface area contributed by atoms with Crippen LogP contribution in [0.25, 0.3) is 24.3 Å². The summed E-state index contributed by atoms with van der Waals surface area (Å²) < 4.78 is 13.0. The fourth-order valence-corrected chi connectivity index (χ4v) is 4.42. The third kappa shape index (κ3) is 8.70. The van der Waals surface area contributed by atoms with Crippen LogP contribution in [0.2, 0.25) is 0 Å². The van der Waals surface area contributed by atoms with Crippen LogP contribution in [-0.2, 0) is 0 Å². The van der Waals surface area contributed by atoms with Gasteiger partial charge in [0, 0.05) is 0 Å². The van der Waals surface area contributed by atoms with Crippen LogP contribution in [-0.4, -0.2) is 0 Å². The number of benzene rings is 4. The smallest absolute Gasteiger partial charge is 0.123 e. The van der Waals surface area contributed by atoms with Gasteiger partial charge in [0.2, 0.25) is 0 Å². The monoisotopic (exact) mass is 504 g/mol. The molecule has 0 amide bonds. The second-order valence-electron chi connectivity index (χ2n) is 10.7. The average molecular weight is 505 g/mol. The van der Waals surface area contributed by atoms with Crippen LogP contribution in [0.3, 0.4) is 0 Å². The van der Waals surface area contributed by atoms with Crippen molar-refractivity contribution in [2.45, 2.75) is 60.3 Å². The van der Waals surface area contributed by atoms with Crippen molar-refractivity contribution in [2.75, 3.05) is 0 Å². The van der Waals surface area contributed by atoms with Gasteiger partial charge in [0.25, 0.3) is 0 Å². The molecule has 0 fully saturated rings. The fraction of sp³-hybridized carbons (Fsp3) is 0.243. The van der Waals surface area contributed by atoms with E-state index in [1.165, 1.54) is 51.1 Å². The first-order chi connectivity index (χ1) is 18.1.